The van der Waals surface area contributed by atoms with Gasteiger partial charge in [-0.1, -0.05) is 30.3 Å². The summed E-state index contributed by atoms with van der Waals surface area (Å²) in [6.45, 7) is -0.412. The number of rotatable bonds is 7. The highest BCUT2D eigenvalue weighted by Crippen LogP contribution is 2.25. The predicted octanol–water partition coefficient (Wildman–Crippen LogP) is 2.79. The van der Waals surface area contributed by atoms with E-state index in [1.54, 1.807) is 30.3 Å². The molecule has 2 atom stereocenters. The third-order valence-electron chi connectivity index (χ3n) is 2.79. The molecular weight excluding hydrogens is 271 g/mol. The fraction of sp³-hybridized carbons (Fsp3) is 0.429. The highest BCUT2D eigenvalue weighted by molar-refractivity contribution is 5.19. The molecule has 1 rings (SSSR count). The molecule has 0 aliphatic rings. The van der Waals surface area contributed by atoms with E-state index >= 15 is 0 Å². The Balaban J connectivity index is 2.79. The zero-order valence-corrected chi connectivity index (χ0v) is 11.1. The van der Waals surface area contributed by atoms with Crippen LogP contribution in [0.5, 0.6) is 0 Å². The molecule has 0 radical (unpaired) electrons. The van der Waals surface area contributed by atoms with Crippen LogP contribution in [-0.2, 0) is 4.74 Å². The van der Waals surface area contributed by atoms with Crippen molar-refractivity contribution in [1.29, 1.82) is 0 Å². The van der Waals surface area contributed by atoms with E-state index in [1.165, 1.54) is 19.4 Å². The van der Waals surface area contributed by atoms with E-state index in [0.29, 0.717) is 5.56 Å². The molecular formula is C14H18F3NO2. The van der Waals surface area contributed by atoms with E-state index in [1.807, 2.05) is 0 Å². The number of aliphatic hydroxyl groups is 1. The van der Waals surface area contributed by atoms with Crippen LogP contribution in [0.15, 0.2) is 42.7 Å². The zero-order chi connectivity index (χ0) is 15.0. The Morgan fingerprint density at radius 1 is 1.30 bits per heavy atom. The minimum Gasteiger partial charge on any atom is -0.505 e. The second-order valence-corrected chi connectivity index (χ2v) is 4.25. The van der Waals surface area contributed by atoms with Gasteiger partial charge in [0.2, 0.25) is 0 Å². The fourth-order valence-corrected chi connectivity index (χ4v) is 1.77. The molecule has 1 aromatic carbocycles. The molecule has 0 heterocycles. The summed E-state index contributed by atoms with van der Waals surface area (Å²) in [7, 11) is 1.37. The molecule has 0 aromatic heterocycles. The SMILES string of the molecule is CO/C=C\C[C@@H](N[C@@H](CO)c1ccccc1)C(F)(F)F. The third kappa shape index (κ3) is 5.22. The van der Waals surface area contributed by atoms with Crippen LogP contribution < -0.4 is 5.32 Å². The van der Waals surface area contributed by atoms with Gasteiger partial charge in [0.15, 0.2) is 0 Å². The van der Waals surface area contributed by atoms with Crippen LogP contribution in [0, 0.1) is 0 Å². The van der Waals surface area contributed by atoms with Gasteiger partial charge in [0, 0.05) is 0 Å². The average molecular weight is 289 g/mol. The second-order valence-electron chi connectivity index (χ2n) is 4.25. The summed E-state index contributed by atoms with van der Waals surface area (Å²) in [5, 5.41) is 11.7. The summed E-state index contributed by atoms with van der Waals surface area (Å²) in [6, 6.07) is 6.03. The molecule has 0 amide bonds. The van der Waals surface area contributed by atoms with Crippen molar-refractivity contribution in [1.82, 2.24) is 5.32 Å². The summed E-state index contributed by atoms with van der Waals surface area (Å²) in [4.78, 5) is 0. The van der Waals surface area contributed by atoms with Crippen LogP contribution in [-0.4, -0.2) is 31.0 Å². The Labute approximate surface area is 116 Å². The number of methoxy groups -OCH3 is 1. The van der Waals surface area contributed by atoms with E-state index < -0.39 is 24.9 Å². The van der Waals surface area contributed by atoms with Crippen molar-refractivity contribution in [2.75, 3.05) is 13.7 Å². The van der Waals surface area contributed by atoms with Crippen molar-refractivity contribution in [3.05, 3.63) is 48.2 Å². The number of halogens is 3. The van der Waals surface area contributed by atoms with Crippen LogP contribution in [0.4, 0.5) is 13.2 Å². The molecule has 20 heavy (non-hydrogen) atoms. The van der Waals surface area contributed by atoms with Crippen molar-refractivity contribution in [3.8, 4) is 0 Å². The Hall–Kier alpha value is -1.53. The lowest BCUT2D eigenvalue weighted by atomic mass is 10.1. The topological polar surface area (TPSA) is 41.5 Å². The Morgan fingerprint density at radius 2 is 1.95 bits per heavy atom. The maximum atomic E-state index is 12.9. The Morgan fingerprint density at radius 3 is 2.45 bits per heavy atom. The van der Waals surface area contributed by atoms with Crippen LogP contribution in [0.25, 0.3) is 0 Å². The molecule has 0 unspecified atom stereocenters. The smallest absolute Gasteiger partial charge is 0.404 e. The molecule has 1 aromatic rings. The number of benzene rings is 1. The highest BCUT2D eigenvalue weighted by atomic mass is 19.4. The molecule has 0 spiro atoms. The summed E-state index contributed by atoms with van der Waals surface area (Å²) in [5.41, 5.74) is 0.611. The summed E-state index contributed by atoms with van der Waals surface area (Å²) < 4.78 is 43.4. The molecule has 112 valence electrons. The first-order valence-electron chi connectivity index (χ1n) is 6.15. The Kier molecular flexibility index (Phi) is 6.54. The van der Waals surface area contributed by atoms with Gasteiger partial charge in [0.1, 0.15) is 6.04 Å². The fourth-order valence-electron chi connectivity index (χ4n) is 1.77. The third-order valence-corrected chi connectivity index (χ3v) is 2.79. The molecule has 3 nitrogen and oxygen atoms in total. The molecule has 0 aliphatic heterocycles. The standard InChI is InChI=1S/C14H18F3NO2/c1-20-9-5-8-13(14(15,16)17)18-12(10-19)11-6-3-2-4-7-11/h2-7,9,12-13,18-19H,8,10H2,1H3/b9-5-/t12-,13+/m0/s1. The van der Waals surface area contributed by atoms with Gasteiger partial charge in [-0.05, 0) is 18.1 Å². The lowest BCUT2D eigenvalue weighted by Crippen LogP contribution is -2.44. The van der Waals surface area contributed by atoms with Gasteiger partial charge in [-0.3, -0.25) is 5.32 Å². The van der Waals surface area contributed by atoms with Gasteiger partial charge in [0.25, 0.3) is 0 Å². The monoisotopic (exact) mass is 289 g/mol. The predicted molar refractivity (Wildman–Crippen MR) is 70.0 cm³/mol. The largest absolute Gasteiger partial charge is 0.505 e. The minimum absolute atomic E-state index is 0.263. The van der Waals surface area contributed by atoms with Crippen LogP contribution >= 0.6 is 0 Å². The highest BCUT2D eigenvalue weighted by Gasteiger charge is 2.39. The number of ether oxygens (including phenoxy) is 1. The van der Waals surface area contributed by atoms with E-state index in [9.17, 15) is 18.3 Å². The number of alkyl halides is 3. The van der Waals surface area contributed by atoms with Crippen molar-refractivity contribution >= 4 is 0 Å². The number of aliphatic hydroxyl groups excluding tert-OH is 1. The van der Waals surface area contributed by atoms with Crippen molar-refractivity contribution in [3.63, 3.8) is 0 Å². The second kappa shape index (κ2) is 7.91. The van der Waals surface area contributed by atoms with Gasteiger partial charge in [-0.15, -0.1) is 0 Å². The van der Waals surface area contributed by atoms with Crippen LogP contribution in [0.3, 0.4) is 0 Å². The van der Waals surface area contributed by atoms with Gasteiger partial charge in [-0.2, -0.15) is 13.2 Å². The maximum Gasteiger partial charge on any atom is 0.404 e. The molecule has 0 saturated carbocycles. The molecule has 0 aliphatic carbocycles. The van der Waals surface area contributed by atoms with E-state index in [2.05, 4.69) is 10.1 Å². The quantitative estimate of drug-likeness (QED) is 0.758. The molecule has 0 bridgehead atoms. The normalized spacial score (nSPS) is 15.2. The van der Waals surface area contributed by atoms with Crippen molar-refractivity contribution < 1.29 is 23.0 Å². The van der Waals surface area contributed by atoms with Gasteiger partial charge in [-0.25, -0.2) is 0 Å². The van der Waals surface area contributed by atoms with Gasteiger partial charge < -0.3 is 9.84 Å². The van der Waals surface area contributed by atoms with E-state index in [-0.39, 0.29) is 6.42 Å². The van der Waals surface area contributed by atoms with Crippen molar-refractivity contribution in [2.45, 2.75) is 24.7 Å². The molecule has 0 fully saturated rings. The summed E-state index contributed by atoms with van der Waals surface area (Å²) in [5.74, 6) is 0. The van der Waals surface area contributed by atoms with Crippen LogP contribution in [0.2, 0.25) is 0 Å². The van der Waals surface area contributed by atoms with Gasteiger partial charge >= 0.3 is 6.18 Å². The Bertz CT molecular complexity index is 407. The molecule has 6 heteroatoms. The lowest BCUT2D eigenvalue weighted by Gasteiger charge is -2.26. The maximum absolute atomic E-state index is 12.9. The first-order chi connectivity index (χ1) is 9.49. The molecule has 0 saturated heterocycles. The summed E-state index contributed by atoms with van der Waals surface area (Å²) in [6.07, 6.45) is -2.16. The number of hydrogen-bond donors (Lipinski definition) is 2. The zero-order valence-electron chi connectivity index (χ0n) is 11.1. The number of nitrogens with one attached hydrogen (secondary N) is 1. The van der Waals surface area contributed by atoms with Crippen molar-refractivity contribution in [2.24, 2.45) is 0 Å². The minimum atomic E-state index is -4.40. The lowest BCUT2D eigenvalue weighted by molar-refractivity contribution is -0.157. The van der Waals surface area contributed by atoms with Gasteiger partial charge in [0.05, 0.1) is 26.0 Å². The molecule has 2 N–H and O–H groups in total. The first-order valence-corrected chi connectivity index (χ1v) is 6.15. The van der Waals surface area contributed by atoms with E-state index in [4.69, 9.17) is 0 Å². The average Bonchev–Trinajstić information content (AvgIpc) is 2.42. The van der Waals surface area contributed by atoms with Crippen LogP contribution in [0.1, 0.15) is 18.0 Å². The number of hydrogen-bond acceptors (Lipinski definition) is 3. The van der Waals surface area contributed by atoms with E-state index in [0.717, 1.165) is 0 Å². The first kappa shape index (κ1) is 16.5. The summed E-state index contributed by atoms with van der Waals surface area (Å²) >= 11 is 0.